The standard InChI is InChI=1S/C25H36N2O3S2/c1-2-31-32-19-20-10-8-9-13-22(16-20)24(29)18-27(25(30)14-15-26)17-23(28)21-11-6-4-3-5-7-12-21/h3-7,11-12,20,22H,2,8-10,13-19,26H2,1H3/b4-3-,5-3?,6-4?,7-5-,11-6-,12-7?,21-11?,21-12+. The van der Waals surface area contributed by atoms with E-state index >= 15 is 0 Å². The third kappa shape index (κ3) is 9.51. The second-order valence-corrected chi connectivity index (χ2v) is 11.0. The van der Waals surface area contributed by atoms with Crippen molar-refractivity contribution in [3.63, 3.8) is 0 Å². The highest BCUT2D eigenvalue weighted by molar-refractivity contribution is 8.76. The molecule has 2 N–H and O–H groups in total. The lowest BCUT2D eigenvalue weighted by molar-refractivity contribution is -0.138. The van der Waals surface area contributed by atoms with E-state index in [9.17, 15) is 14.4 Å². The summed E-state index contributed by atoms with van der Waals surface area (Å²) in [6.45, 7) is 2.25. The lowest BCUT2D eigenvalue weighted by atomic mass is 9.90. The Kier molecular flexibility index (Phi) is 12.8. The molecule has 0 aromatic carbocycles. The Morgan fingerprint density at radius 2 is 1.78 bits per heavy atom. The lowest BCUT2D eigenvalue weighted by Crippen LogP contribution is -2.42. The predicted molar refractivity (Wildman–Crippen MR) is 136 cm³/mol. The first-order valence-corrected chi connectivity index (χ1v) is 14.0. The first-order valence-electron chi connectivity index (χ1n) is 11.5. The quantitative estimate of drug-likeness (QED) is 0.254. The van der Waals surface area contributed by atoms with E-state index in [4.69, 9.17) is 5.73 Å². The van der Waals surface area contributed by atoms with Gasteiger partial charge in [-0.1, -0.05) is 83.9 Å². The van der Waals surface area contributed by atoms with Gasteiger partial charge < -0.3 is 10.6 Å². The van der Waals surface area contributed by atoms with Crippen LogP contribution in [-0.4, -0.2) is 53.5 Å². The molecule has 0 radical (unpaired) electrons. The number of rotatable bonds is 12. The highest BCUT2D eigenvalue weighted by Crippen LogP contribution is 2.33. The smallest absolute Gasteiger partial charge is 0.224 e. The van der Waals surface area contributed by atoms with Gasteiger partial charge >= 0.3 is 0 Å². The summed E-state index contributed by atoms with van der Waals surface area (Å²) in [7, 11) is 3.77. The van der Waals surface area contributed by atoms with Crippen LogP contribution in [-0.2, 0) is 14.4 Å². The Balaban J connectivity index is 2.04. The summed E-state index contributed by atoms with van der Waals surface area (Å²) in [6, 6.07) is 0. The van der Waals surface area contributed by atoms with Gasteiger partial charge in [-0.15, -0.1) is 0 Å². The molecular weight excluding hydrogens is 440 g/mol. The molecule has 5 nitrogen and oxygen atoms in total. The monoisotopic (exact) mass is 476 g/mol. The molecule has 176 valence electrons. The maximum atomic E-state index is 13.2. The summed E-state index contributed by atoms with van der Waals surface area (Å²) in [5, 5.41) is 0. The third-order valence-electron chi connectivity index (χ3n) is 5.70. The summed E-state index contributed by atoms with van der Waals surface area (Å²) in [5.41, 5.74) is 6.11. The third-order valence-corrected chi connectivity index (χ3v) is 8.33. The molecule has 7 heteroatoms. The Hall–Kier alpha value is -1.57. The molecule has 1 saturated carbocycles. The zero-order valence-electron chi connectivity index (χ0n) is 19.0. The van der Waals surface area contributed by atoms with E-state index in [0.29, 0.717) is 11.5 Å². The van der Waals surface area contributed by atoms with Crippen molar-refractivity contribution in [2.75, 3.05) is 31.1 Å². The fraction of sp³-hybridized carbons (Fsp3) is 0.560. The summed E-state index contributed by atoms with van der Waals surface area (Å²) >= 11 is 0. The van der Waals surface area contributed by atoms with Crippen molar-refractivity contribution in [3.8, 4) is 0 Å². The van der Waals surface area contributed by atoms with E-state index in [1.165, 1.54) is 4.90 Å². The minimum absolute atomic E-state index is 0.00838. The number of hydrogen-bond acceptors (Lipinski definition) is 6. The van der Waals surface area contributed by atoms with Gasteiger partial charge in [-0.05, 0) is 25.2 Å². The normalized spacial score (nSPS) is 25.4. The molecule has 2 rings (SSSR count). The van der Waals surface area contributed by atoms with Gasteiger partial charge in [0.05, 0.1) is 13.1 Å². The number of nitrogens with two attached hydrogens (primary N) is 1. The van der Waals surface area contributed by atoms with Crippen LogP contribution in [0.5, 0.6) is 0 Å². The van der Waals surface area contributed by atoms with Crippen molar-refractivity contribution in [3.05, 3.63) is 48.1 Å². The zero-order chi connectivity index (χ0) is 23.2. The topological polar surface area (TPSA) is 80.5 Å². The van der Waals surface area contributed by atoms with Gasteiger partial charge in [-0.25, -0.2) is 0 Å². The van der Waals surface area contributed by atoms with Crippen LogP contribution >= 0.6 is 21.6 Å². The molecule has 0 bridgehead atoms. The van der Waals surface area contributed by atoms with E-state index in [-0.39, 0.29) is 49.4 Å². The zero-order valence-corrected chi connectivity index (χ0v) is 20.7. The van der Waals surface area contributed by atoms with Gasteiger partial charge in [0.15, 0.2) is 11.6 Å². The van der Waals surface area contributed by atoms with Crippen molar-refractivity contribution in [2.24, 2.45) is 17.6 Å². The fourth-order valence-corrected chi connectivity index (χ4v) is 6.11. The van der Waals surface area contributed by atoms with Gasteiger partial charge in [0, 0.05) is 36.0 Å². The molecule has 2 aliphatic carbocycles. The number of hydrogen-bond donors (Lipinski definition) is 1. The number of nitrogens with zero attached hydrogens (tertiary/aromatic N) is 1. The van der Waals surface area contributed by atoms with Crippen LogP contribution in [0.1, 0.15) is 45.4 Å². The van der Waals surface area contributed by atoms with E-state index in [1.54, 1.807) is 24.3 Å². The largest absolute Gasteiger partial charge is 0.330 e. The Labute approximate surface area is 200 Å². The molecule has 2 aliphatic rings. The fourth-order valence-electron chi connectivity index (χ4n) is 3.98. The first-order chi connectivity index (χ1) is 15.5. The van der Waals surface area contributed by atoms with Crippen molar-refractivity contribution < 1.29 is 14.4 Å². The molecule has 2 unspecified atom stereocenters. The van der Waals surface area contributed by atoms with Crippen LogP contribution in [0, 0.1) is 11.8 Å². The Morgan fingerprint density at radius 3 is 2.56 bits per heavy atom. The number of ketones is 2. The predicted octanol–water partition coefficient (Wildman–Crippen LogP) is 4.51. The van der Waals surface area contributed by atoms with Crippen LogP contribution in [0.4, 0.5) is 0 Å². The summed E-state index contributed by atoms with van der Waals surface area (Å²) in [4.78, 5) is 40.2. The van der Waals surface area contributed by atoms with Crippen molar-refractivity contribution in [1.29, 1.82) is 0 Å². The van der Waals surface area contributed by atoms with E-state index in [2.05, 4.69) is 6.92 Å². The van der Waals surface area contributed by atoms with Crippen LogP contribution in [0.2, 0.25) is 0 Å². The summed E-state index contributed by atoms with van der Waals surface area (Å²) in [6.07, 6.45) is 17.9. The van der Waals surface area contributed by atoms with Gasteiger partial charge in [0.25, 0.3) is 0 Å². The van der Waals surface area contributed by atoms with Crippen LogP contribution in [0.15, 0.2) is 48.1 Å². The number of carbonyl (C=O) groups is 3. The Morgan fingerprint density at radius 1 is 1.03 bits per heavy atom. The van der Waals surface area contributed by atoms with E-state index in [0.717, 1.165) is 43.6 Å². The number of Topliss-reactive ketones (excluding diaryl/α,β-unsaturated/α-hetero) is 2. The minimum atomic E-state index is -0.236. The molecule has 2 atom stereocenters. The molecule has 0 aliphatic heterocycles. The second kappa shape index (κ2) is 15.3. The average molecular weight is 477 g/mol. The molecule has 0 aromatic heterocycles. The average Bonchev–Trinajstić information content (AvgIpc) is 2.99. The van der Waals surface area contributed by atoms with Crippen molar-refractivity contribution in [1.82, 2.24) is 4.90 Å². The molecule has 0 aromatic rings. The van der Waals surface area contributed by atoms with Gasteiger partial charge in [-0.2, -0.15) is 0 Å². The van der Waals surface area contributed by atoms with Gasteiger partial charge in [0.2, 0.25) is 5.91 Å². The second-order valence-electron chi connectivity index (χ2n) is 8.20. The van der Waals surface area contributed by atoms with Gasteiger partial charge in [-0.3, -0.25) is 14.4 Å². The van der Waals surface area contributed by atoms with Crippen molar-refractivity contribution >= 4 is 39.1 Å². The first kappa shape index (κ1) is 26.7. The summed E-state index contributed by atoms with van der Waals surface area (Å²) in [5.74, 6) is 2.32. The van der Waals surface area contributed by atoms with E-state index in [1.807, 2.05) is 39.8 Å². The molecule has 0 heterocycles. The van der Waals surface area contributed by atoms with Crippen molar-refractivity contribution in [2.45, 2.75) is 45.4 Å². The lowest BCUT2D eigenvalue weighted by Gasteiger charge is -2.25. The Bertz CT molecular complexity index is 758. The molecule has 1 amide bonds. The van der Waals surface area contributed by atoms with E-state index < -0.39 is 0 Å². The minimum Gasteiger partial charge on any atom is -0.330 e. The number of carbonyl (C=O) groups excluding carboxylic acids is 3. The van der Waals surface area contributed by atoms with Crippen LogP contribution < -0.4 is 5.73 Å². The highest BCUT2D eigenvalue weighted by atomic mass is 33.1. The molecule has 0 saturated heterocycles. The molecule has 0 spiro atoms. The van der Waals surface area contributed by atoms with Crippen LogP contribution in [0.25, 0.3) is 0 Å². The SMILES string of the molecule is CCSSCC1CCCCC(C(=O)CN(CC(=O)C2=C/C=C\C=C/C=C\2)C(=O)CCN)C1. The summed E-state index contributed by atoms with van der Waals surface area (Å²) < 4.78 is 0. The maximum Gasteiger partial charge on any atom is 0.224 e. The highest BCUT2D eigenvalue weighted by Gasteiger charge is 2.29. The van der Waals surface area contributed by atoms with Crippen LogP contribution in [0.3, 0.4) is 0 Å². The maximum absolute atomic E-state index is 13.2. The molecule has 1 fully saturated rings. The molecule has 32 heavy (non-hydrogen) atoms. The number of amides is 1. The number of allylic oxidation sites excluding steroid dienone is 7. The molecular formula is C25H36N2O3S2. The van der Waals surface area contributed by atoms with Gasteiger partial charge in [0.1, 0.15) is 0 Å².